The van der Waals surface area contributed by atoms with Crippen LogP contribution in [-0.4, -0.2) is 26.0 Å². The number of carbonyl (C=O) groups excluding carboxylic acids is 1. The highest BCUT2D eigenvalue weighted by Crippen LogP contribution is 2.29. The number of benzene rings is 1. The first-order valence-electron chi connectivity index (χ1n) is 7.03. The predicted octanol–water partition coefficient (Wildman–Crippen LogP) is 2.88. The van der Waals surface area contributed by atoms with Crippen molar-refractivity contribution in [1.29, 1.82) is 0 Å². The highest BCUT2D eigenvalue weighted by atomic mass is 16.5. The Morgan fingerprint density at radius 1 is 1.32 bits per heavy atom. The number of Topliss-reactive ketones (excluding diaryl/α,β-unsaturated/α-hetero) is 1. The molecule has 0 radical (unpaired) electrons. The number of hydrogen-bond acceptors (Lipinski definition) is 3. The van der Waals surface area contributed by atoms with Crippen LogP contribution in [0.2, 0.25) is 0 Å². The number of carbonyl (C=O) groups is 1. The zero-order valence-corrected chi connectivity index (χ0v) is 12.1. The average Bonchev–Trinajstić information content (AvgIpc) is 2.31. The van der Waals surface area contributed by atoms with E-state index in [1.165, 1.54) is 24.8 Å². The SMILES string of the molecule is CNCC(=O)c1cc(C)c(C)cc1OCC1CCC1. The van der Waals surface area contributed by atoms with E-state index in [1.54, 1.807) is 7.05 Å². The highest BCUT2D eigenvalue weighted by molar-refractivity contribution is 6.00. The van der Waals surface area contributed by atoms with Crippen LogP contribution in [-0.2, 0) is 0 Å². The van der Waals surface area contributed by atoms with Gasteiger partial charge in [-0.3, -0.25) is 4.79 Å². The maximum absolute atomic E-state index is 12.1. The number of hydrogen-bond donors (Lipinski definition) is 1. The number of ketones is 1. The van der Waals surface area contributed by atoms with Gasteiger partial charge in [-0.2, -0.15) is 0 Å². The molecule has 3 heteroatoms. The van der Waals surface area contributed by atoms with E-state index in [9.17, 15) is 4.79 Å². The van der Waals surface area contributed by atoms with Crippen molar-refractivity contribution in [1.82, 2.24) is 5.32 Å². The quantitative estimate of drug-likeness (QED) is 0.800. The van der Waals surface area contributed by atoms with Crippen LogP contribution >= 0.6 is 0 Å². The zero-order valence-electron chi connectivity index (χ0n) is 12.1. The highest BCUT2D eigenvalue weighted by Gasteiger charge is 2.20. The van der Waals surface area contributed by atoms with Gasteiger partial charge in [-0.05, 0) is 62.9 Å². The summed E-state index contributed by atoms with van der Waals surface area (Å²) in [7, 11) is 1.79. The van der Waals surface area contributed by atoms with Crippen LogP contribution in [0, 0.1) is 19.8 Å². The number of ether oxygens (including phenoxy) is 1. The minimum absolute atomic E-state index is 0.0919. The molecule has 1 aliphatic rings. The first-order valence-corrected chi connectivity index (χ1v) is 7.03. The van der Waals surface area contributed by atoms with Crippen LogP contribution in [0.15, 0.2) is 12.1 Å². The van der Waals surface area contributed by atoms with Crippen molar-refractivity contribution in [2.45, 2.75) is 33.1 Å². The lowest BCUT2D eigenvalue weighted by Gasteiger charge is -2.26. The Balaban J connectivity index is 2.17. The third kappa shape index (κ3) is 3.35. The van der Waals surface area contributed by atoms with Gasteiger partial charge in [0.15, 0.2) is 5.78 Å². The lowest BCUT2D eigenvalue weighted by molar-refractivity contribution is 0.0986. The fourth-order valence-electron chi connectivity index (χ4n) is 2.25. The Morgan fingerprint density at radius 3 is 2.58 bits per heavy atom. The molecule has 0 aliphatic heterocycles. The second-order valence-electron chi connectivity index (χ2n) is 5.49. The van der Waals surface area contributed by atoms with Crippen molar-refractivity contribution in [2.75, 3.05) is 20.2 Å². The molecule has 0 unspecified atom stereocenters. The van der Waals surface area contributed by atoms with E-state index in [-0.39, 0.29) is 5.78 Å². The molecule has 19 heavy (non-hydrogen) atoms. The summed E-state index contributed by atoms with van der Waals surface area (Å²) in [6.07, 6.45) is 3.82. The molecule has 0 spiro atoms. The lowest BCUT2D eigenvalue weighted by atomic mass is 9.86. The molecule has 0 atom stereocenters. The molecule has 1 saturated carbocycles. The molecule has 1 aromatic carbocycles. The van der Waals surface area contributed by atoms with Crippen LogP contribution < -0.4 is 10.1 Å². The minimum atomic E-state index is 0.0919. The first kappa shape index (κ1) is 14.1. The number of likely N-dealkylation sites (N-methyl/N-ethyl adjacent to an activating group) is 1. The van der Waals surface area contributed by atoms with Gasteiger partial charge in [-0.15, -0.1) is 0 Å². The summed E-state index contributed by atoms with van der Waals surface area (Å²) in [6, 6.07) is 3.95. The number of nitrogens with one attached hydrogen (secondary N) is 1. The molecule has 0 bridgehead atoms. The van der Waals surface area contributed by atoms with E-state index >= 15 is 0 Å². The van der Waals surface area contributed by atoms with Crippen LogP contribution in [0.5, 0.6) is 5.75 Å². The smallest absolute Gasteiger partial charge is 0.180 e. The monoisotopic (exact) mass is 261 g/mol. The van der Waals surface area contributed by atoms with Crippen molar-refractivity contribution in [3.05, 3.63) is 28.8 Å². The molecule has 1 aliphatic carbocycles. The van der Waals surface area contributed by atoms with Gasteiger partial charge < -0.3 is 10.1 Å². The molecule has 0 saturated heterocycles. The fourth-order valence-corrected chi connectivity index (χ4v) is 2.25. The van der Waals surface area contributed by atoms with E-state index in [4.69, 9.17) is 4.74 Å². The Labute approximate surface area is 115 Å². The summed E-state index contributed by atoms with van der Waals surface area (Å²) in [6.45, 7) is 5.17. The van der Waals surface area contributed by atoms with Gasteiger partial charge >= 0.3 is 0 Å². The lowest BCUT2D eigenvalue weighted by Crippen LogP contribution is -2.22. The Morgan fingerprint density at radius 2 is 2.00 bits per heavy atom. The third-order valence-corrected chi connectivity index (χ3v) is 3.93. The van der Waals surface area contributed by atoms with E-state index < -0.39 is 0 Å². The summed E-state index contributed by atoms with van der Waals surface area (Å²) in [5.74, 6) is 1.51. The summed E-state index contributed by atoms with van der Waals surface area (Å²) >= 11 is 0. The van der Waals surface area contributed by atoms with Crippen molar-refractivity contribution < 1.29 is 9.53 Å². The first-order chi connectivity index (χ1) is 9.11. The predicted molar refractivity (Wildman–Crippen MR) is 77.0 cm³/mol. The van der Waals surface area contributed by atoms with Gasteiger partial charge in [0.25, 0.3) is 0 Å². The van der Waals surface area contributed by atoms with Gasteiger partial charge in [0.2, 0.25) is 0 Å². The van der Waals surface area contributed by atoms with Crippen LogP contribution in [0.3, 0.4) is 0 Å². The maximum atomic E-state index is 12.1. The zero-order chi connectivity index (χ0) is 13.8. The summed E-state index contributed by atoms with van der Waals surface area (Å²) in [5.41, 5.74) is 3.01. The van der Waals surface area contributed by atoms with Gasteiger partial charge in [-0.1, -0.05) is 6.42 Å². The number of aryl methyl sites for hydroxylation is 2. The second kappa shape index (κ2) is 6.20. The summed E-state index contributed by atoms with van der Waals surface area (Å²) in [5, 5.41) is 2.91. The minimum Gasteiger partial charge on any atom is -0.493 e. The topological polar surface area (TPSA) is 38.3 Å². The van der Waals surface area contributed by atoms with Crippen molar-refractivity contribution in [3.63, 3.8) is 0 Å². The van der Waals surface area contributed by atoms with E-state index in [0.29, 0.717) is 18.0 Å². The number of rotatable bonds is 6. The van der Waals surface area contributed by atoms with Gasteiger partial charge in [-0.25, -0.2) is 0 Å². The van der Waals surface area contributed by atoms with Crippen LogP contribution in [0.25, 0.3) is 0 Å². The molecule has 3 nitrogen and oxygen atoms in total. The van der Waals surface area contributed by atoms with Crippen molar-refractivity contribution >= 4 is 5.78 Å². The average molecular weight is 261 g/mol. The van der Waals surface area contributed by atoms with Crippen LogP contribution in [0.4, 0.5) is 0 Å². The molecular formula is C16H23NO2. The summed E-state index contributed by atoms with van der Waals surface area (Å²) in [4.78, 5) is 12.1. The largest absolute Gasteiger partial charge is 0.493 e. The van der Waals surface area contributed by atoms with E-state index in [2.05, 4.69) is 12.2 Å². The van der Waals surface area contributed by atoms with E-state index in [1.807, 2.05) is 19.1 Å². The van der Waals surface area contributed by atoms with Gasteiger partial charge in [0, 0.05) is 0 Å². The molecule has 0 heterocycles. The van der Waals surface area contributed by atoms with Crippen molar-refractivity contribution in [3.8, 4) is 5.75 Å². The molecule has 104 valence electrons. The van der Waals surface area contributed by atoms with Crippen molar-refractivity contribution in [2.24, 2.45) is 5.92 Å². The Kier molecular flexibility index (Phi) is 4.59. The fraction of sp³-hybridized carbons (Fsp3) is 0.562. The standard InChI is InChI=1S/C16H23NO2/c1-11-7-14(15(18)9-17-3)16(8-12(11)2)19-10-13-5-4-6-13/h7-8,13,17H,4-6,9-10H2,1-3H3. The second-order valence-corrected chi connectivity index (χ2v) is 5.49. The molecule has 1 fully saturated rings. The maximum Gasteiger partial charge on any atom is 0.180 e. The van der Waals surface area contributed by atoms with Gasteiger partial charge in [0.05, 0.1) is 18.7 Å². The molecular weight excluding hydrogens is 238 g/mol. The molecule has 0 amide bonds. The normalized spacial score (nSPS) is 15.1. The van der Waals surface area contributed by atoms with Crippen LogP contribution in [0.1, 0.15) is 40.7 Å². The molecule has 2 rings (SSSR count). The van der Waals surface area contributed by atoms with Gasteiger partial charge in [0.1, 0.15) is 5.75 Å². The third-order valence-electron chi connectivity index (χ3n) is 3.93. The Bertz CT molecular complexity index is 464. The molecule has 1 aromatic rings. The van der Waals surface area contributed by atoms with E-state index in [0.717, 1.165) is 17.9 Å². The molecule has 0 aromatic heterocycles. The molecule has 1 N–H and O–H groups in total. The Hall–Kier alpha value is -1.35. The summed E-state index contributed by atoms with van der Waals surface area (Å²) < 4.78 is 5.90.